The van der Waals surface area contributed by atoms with Crippen LogP contribution in [0.4, 0.5) is 0 Å². The molecule has 0 aromatic heterocycles. The molecule has 5 heteroatoms. The third kappa shape index (κ3) is 2.46. The zero-order valence-electron chi connectivity index (χ0n) is 8.49. The summed E-state index contributed by atoms with van der Waals surface area (Å²) in [7, 11) is -3.02. The molecule has 0 spiro atoms. The molecule has 1 aliphatic heterocycles. The minimum absolute atomic E-state index is 0.172. The molecule has 2 aliphatic rings. The summed E-state index contributed by atoms with van der Waals surface area (Å²) in [6, 6.07) is 0.172. The summed E-state index contributed by atoms with van der Waals surface area (Å²) in [5.74, 6) is 1.47. The smallest absolute Gasteiger partial charge is 0.208 e. The molecule has 2 N–H and O–H groups in total. The van der Waals surface area contributed by atoms with Crippen LogP contribution < -0.4 is 10.0 Å². The number of rotatable bonds is 2. The molecule has 1 aliphatic carbocycles. The van der Waals surface area contributed by atoms with Crippen LogP contribution in [-0.2, 0) is 10.0 Å². The van der Waals surface area contributed by atoms with Crippen molar-refractivity contribution in [3.63, 3.8) is 0 Å². The molecular weight excluding hydrogens is 200 g/mol. The number of fused-ring (bicyclic) bond motifs is 1. The Hall–Kier alpha value is -0.130. The summed E-state index contributed by atoms with van der Waals surface area (Å²) < 4.78 is 24.8. The second-order valence-corrected chi connectivity index (χ2v) is 6.36. The molecule has 0 amide bonds. The van der Waals surface area contributed by atoms with Crippen molar-refractivity contribution in [2.45, 2.75) is 25.3 Å². The highest BCUT2D eigenvalue weighted by Crippen LogP contribution is 2.32. The first-order chi connectivity index (χ1) is 6.54. The minimum Gasteiger partial charge on any atom is -0.316 e. The number of hydrogen-bond acceptors (Lipinski definition) is 3. The molecule has 0 aromatic carbocycles. The predicted molar refractivity (Wildman–Crippen MR) is 55.5 cm³/mol. The molecule has 2 rings (SSSR count). The van der Waals surface area contributed by atoms with Crippen LogP contribution in [0.5, 0.6) is 0 Å². The SMILES string of the molecule is CS(=O)(=O)NC1CC[C@H]2CNC[C@H]2C1. The fourth-order valence-corrected chi connectivity index (χ4v) is 3.53. The molecular formula is C9H18N2O2S. The Kier molecular flexibility index (Phi) is 2.81. The van der Waals surface area contributed by atoms with Gasteiger partial charge in [0.2, 0.25) is 10.0 Å². The van der Waals surface area contributed by atoms with Crippen molar-refractivity contribution in [2.75, 3.05) is 19.3 Å². The Morgan fingerprint density at radius 2 is 1.93 bits per heavy atom. The molecule has 0 bridgehead atoms. The molecule has 0 aromatic rings. The molecule has 4 nitrogen and oxygen atoms in total. The van der Waals surface area contributed by atoms with Gasteiger partial charge in [-0.3, -0.25) is 0 Å². The first kappa shape index (κ1) is 10.4. The van der Waals surface area contributed by atoms with Gasteiger partial charge in [-0.2, -0.15) is 0 Å². The average molecular weight is 218 g/mol. The van der Waals surface area contributed by atoms with Crippen molar-refractivity contribution < 1.29 is 8.42 Å². The molecule has 3 atom stereocenters. The lowest BCUT2D eigenvalue weighted by Crippen LogP contribution is -2.40. The summed E-state index contributed by atoms with van der Waals surface area (Å²) in [6.07, 6.45) is 4.40. The zero-order chi connectivity index (χ0) is 10.2. The Labute approximate surface area is 85.5 Å². The van der Waals surface area contributed by atoms with Gasteiger partial charge < -0.3 is 5.32 Å². The fourth-order valence-electron chi connectivity index (χ4n) is 2.71. The largest absolute Gasteiger partial charge is 0.316 e. The molecule has 1 unspecified atom stereocenters. The molecule has 82 valence electrons. The first-order valence-corrected chi connectivity index (χ1v) is 7.12. The molecule has 2 fully saturated rings. The van der Waals surface area contributed by atoms with E-state index in [1.165, 1.54) is 6.26 Å². The van der Waals surface area contributed by atoms with E-state index in [2.05, 4.69) is 10.0 Å². The predicted octanol–water partition coefficient (Wildman–Crippen LogP) is -0.0763. The molecule has 1 saturated heterocycles. The van der Waals surface area contributed by atoms with E-state index in [0.29, 0.717) is 5.92 Å². The van der Waals surface area contributed by atoms with Gasteiger partial charge in [-0.1, -0.05) is 0 Å². The van der Waals surface area contributed by atoms with Crippen molar-refractivity contribution >= 4 is 10.0 Å². The van der Waals surface area contributed by atoms with Crippen molar-refractivity contribution in [2.24, 2.45) is 11.8 Å². The lowest BCUT2D eigenvalue weighted by molar-refractivity contribution is 0.260. The lowest BCUT2D eigenvalue weighted by Gasteiger charge is -2.30. The molecule has 14 heavy (non-hydrogen) atoms. The Morgan fingerprint density at radius 1 is 1.21 bits per heavy atom. The van der Waals surface area contributed by atoms with Crippen LogP contribution in [0.2, 0.25) is 0 Å². The molecule has 1 saturated carbocycles. The lowest BCUT2D eigenvalue weighted by atomic mass is 9.79. The zero-order valence-corrected chi connectivity index (χ0v) is 9.31. The minimum atomic E-state index is -3.02. The van der Waals surface area contributed by atoms with Gasteiger partial charge in [-0.15, -0.1) is 0 Å². The topological polar surface area (TPSA) is 58.2 Å². The van der Waals surface area contributed by atoms with Gasteiger partial charge >= 0.3 is 0 Å². The van der Waals surface area contributed by atoms with E-state index in [-0.39, 0.29) is 6.04 Å². The van der Waals surface area contributed by atoms with Gasteiger partial charge in [0.15, 0.2) is 0 Å². The van der Waals surface area contributed by atoms with Gasteiger partial charge in [-0.25, -0.2) is 13.1 Å². The van der Waals surface area contributed by atoms with E-state index >= 15 is 0 Å². The summed E-state index contributed by atoms with van der Waals surface area (Å²) in [5.41, 5.74) is 0. The van der Waals surface area contributed by atoms with Crippen molar-refractivity contribution in [1.82, 2.24) is 10.0 Å². The molecule has 1 heterocycles. The maximum atomic E-state index is 11.1. The van der Waals surface area contributed by atoms with E-state index < -0.39 is 10.0 Å². The fraction of sp³-hybridized carbons (Fsp3) is 1.00. The Morgan fingerprint density at radius 3 is 2.64 bits per heavy atom. The number of sulfonamides is 1. The summed E-state index contributed by atoms with van der Waals surface area (Å²) in [4.78, 5) is 0. The quantitative estimate of drug-likeness (QED) is 0.682. The summed E-state index contributed by atoms with van der Waals surface area (Å²) >= 11 is 0. The van der Waals surface area contributed by atoms with Crippen LogP contribution in [0.1, 0.15) is 19.3 Å². The van der Waals surface area contributed by atoms with Crippen molar-refractivity contribution in [1.29, 1.82) is 0 Å². The van der Waals surface area contributed by atoms with E-state index in [0.717, 1.165) is 38.3 Å². The van der Waals surface area contributed by atoms with Crippen LogP contribution in [0, 0.1) is 11.8 Å². The third-order valence-electron chi connectivity index (χ3n) is 3.33. The highest BCUT2D eigenvalue weighted by Gasteiger charge is 2.34. The highest BCUT2D eigenvalue weighted by atomic mass is 32.2. The van der Waals surface area contributed by atoms with Gasteiger partial charge in [0.25, 0.3) is 0 Å². The van der Waals surface area contributed by atoms with Crippen LogP contribution >= 0.6 is 0 Å². The maximum absolute atomic E-state index is 11.1. The van der Waals surface area contributed by atoms with Crippen LogP contribution in [0.15, 0.2) is 0 Å². The third-order valence-corrected chi connectivity index (χ3v) is 4.10. The van der Waals surface area contributed by atoms with E-state index in [4.69, 9.17) is 0 Å². The van der Waals surface area contributed by atoms with Crippen LogP contribution in [0.3, 0.4) is 0 Å². The maximum Gasteiger partial charge on any atom is 0.208 e. The Bertz CT molecular complexity index is 302. The van der Waals surface area contributed by atoms with Gasteiger partial charge in [0.05, 0.1) is 6.26 Å². The number of nitrogens with one attached hydrogen (secondary N) is 2. The van der Waals surface area contributed by atoms with E-state index in [1.54, 1.807) is 0 Å². The van der Waals surface area contributed by atoms with E-state index in [1.807, 2.05) is 0 Å². The number of hydrogen-bond donors (Lipinski definition) is 2. The van der Waals surface area contributed by atoms with Crippen molar-refractivity contribution in [3.05, 3.63) is 0 Å². The standard InChI is InChI=1S/C9H18N2O2S/c1-14(12,13)11-9-3-2-7-5-10-6-8(7)4-9/h7-11H,2-6H2,1H3/t7-,8+,9?/m0/s1. The normalized spacial score (nSPS) is 38.2. The average Bonchev–Trinajstić information content (AvgIpc) is 2.47. The second-order valence-electron chi connectivity index (χ2n) is 4.58. The van der Waals surface area contributed by atoms with Gasteiger partial charge in [-0.05, 0) is 44.2 Å². The Balaban J connectivity index is 1.91. The summed E-state index contributed by atoms with van der Waals surface area (Å²) in [5, 5.41) is 3.37. The van der Waals surface area contributed by atoms with E-state index in [9.17, 15) is 8.42 Å². The van der Waals surface area contributed by atoms with Gasteiger partial charge in [0, 0.05) is 6.04 Å². The summed E-state index contributed by atoms with van der Waals surface area (Å²) in [6.45, 7) is 2.18. The van der Waals surface area contributed by atoms with Crippen LogP contribution in [0.25, 0.3) is 0 Å². The van der Waals surface area contributed by atoms with Gasteiger partial charge in [0.1, 0.15) is 0 Å². The highest BCUT2D eigenvalue weighted by molar-refractivity contribution is 7.88. The first-order valence-electron chi connectivity index (χ1n) is 5.22. The monoisotopic (exact) mass is 218 g/mol. The second kappa shape index (κ2) is 3.79. The van der Waals surface area contributed by atoms with Crippen molar-refractivity contribution in [3.8, 4) is 0 Å². The van der Waals surface area contributed by atoms with Crippen LogP contribution in [-0.4, -0.2) is 33.8 Å². The molecule has 0 radical (unpaired) electrons.